The SMILES string of the molecule is O=C(NC1CCCN(Cc2ccccc2)C1)NC(CN1CCCC1)c1ccccc1. The molecular weight excluding hydrogens is 372 g/mol. The van der Waals surface area contributed by atoms with Crippen molar-refractivity contribution in [2.24, 2.45) is 0 Å². The molecule has 0 aromatic heterocycles. The fourth-order valence-corrected chi connectivity index (χ4v) is 4.69. The van der Waals surface area contributed by atoms with E-state index in [1.54, 1.807) is 0 Å². The Labute approximate surface area is 180 Å². The summed E-state index contributed by atoms with van der Waals surface area (Å²) in [7, 11) is 0. The first-order valence-corrected chi connectivity index (χ1v) is 11.4. The molecule has 0 spiro atoms. The molecule has 4 rings (SSSR count). The highest BCUT2D eigenvalue weighted by Gasteiger charge is 2.24. The van der Waals surface area contributed by atoms with Crippen molar-refractivity contribution in [3.8, 4) is 0 Å². The highest BCUT2D eigenvalue weighted by molar-refractivity contribution is 5.74. The number of hydrogen-bond donors (Lipinski definition) is 2. The van der Waals surface area contributed by atoms with E-state index in [1.165, 1.54) is 24.0 Å². The van der Waals surface area contributed by atoms with Crippen LogP contribution in [0.25, 0.3) is 0 Å². The van der Waals surface area contributed by atoms with Gasteiger partial charge in [0.1, 0.15) is 0 Å². The van der Waals surface area contributed by atoms with E-state index in [2.05, 4.69) is 75.0 Å². The summed E-state index contributed by atoms with van der Waals surface area (Å²) < 4.78 is 0. The number of hydrogen-bond acceptors (Lipinski definition) is 3. The van der Waals surface area contributed by atoms with E-state index in [0.717, 1.165) is 52.1 Å². The standard InChI is InChI=1S/C25H34N4O/c30-25(26-23-14-9-17-29(19-23)18-21-10-3-1-4-11-21)27-24(20-28-15-7-8-16-28)22-12-5-2-6-13-22/h1-6,10-13,23-24H,7-9,14-20H2,(H2,26,27,30). The lowest BCUT2D eigenvalue weighted by molar-refractivity contribution is 0.178. The van der Waals surface area contributed by atoms with Crippen LogP contribution in [-0.4, -0.2) is 54.6 Å². The normalized spacial score (nSPS) is 21.3. The van der Waals surface area contributed by atoms with E-state index in [1.807, 2.05) is 6.07 Å². The first-order chi connectivity index (χ1) is 14.8. The Hall–Kier alpha value is -2.37. The molecule has 160 valence electrons. The van der Waals surface area contributed by atoms with Gasteiger partial charge in [0.2, 0.25) is 0 Å². The third-order valence-electron chi connectivity index (χ3n) is 6.24. The van der Waals surface area contributed by atoms with Crippen molar-refractivity contribution in [1.82, 2.24) is 20.4 Å². The molecule has 0 radical (unpaired) electrons. The van der Waals surface area contributed by atoms with Crippen molar-refractivity contribution in [2.75, 3.05) is 32.7 Å². The number of nitrogens with one attached hydrogen (secondary N) is 2. The zero-order valence-corrected chi connectivity index (χ0v) is 17.8. The summed E-state index contributed by atoms with van der Waals surface area (Å²) in [5.41, 5.74) is 2.51. The van der Waals surface area contributed by atoms with Crippen LogP contribution in [0.15, 0.2) is 60.7 Å². The first-order valence-electron chi connectivity index (χ1n) is 11.4. The zero-order valence-electron chi connectivity index (χ0n) is 17.8. The summed E-state index contributed by atoms with van der Waals surface area (Å²) in [5, 5.41) is 6.51. The van der Waals surface area contributed by atoms with E-state index < -0.39 is 0 Å². The second kappa shape index (κ2) is 10.6. The molecule has 2 aromatic rings. The van der Waals surface area contributed by atoms with Gasteiger partial charge < -0.3 is 15.5 Å². The van der Waals surface area contributed by atoms with Gasteiger partial charge in [0, 0.05) is 25.7 Å². The predicted octanol–water partition coefficient (Wildman–Crippen LogP) is 3.79. The third-order valence-corrected chi connectivity index (χ3v) is 6.24. The molecular formula is C25H34N4O. The van der Waals surface area contributed by atoms with E-state index >= 15 is 0 Å². The van der Waals surface area contributed by atoms with Gasteiger partial charge in [-0.05, 0) is 56.4 Å². The van der Waals surface area contributed by atoms with Crippen LogP contribution in [0.2, 0.25) is 0 Å². The summed E-state index contributed by atoms with van der Waals surface area (Å²) in [6, 6.07) is 21.1. The second-order valence-corrected chi connectivity index (χ2v) is 8.65. The molecule has 0 bridgehead atoms. The fraction of sp³-hybridized carbons (Fsp3) is 0.480. The molecule has 0 saturated carbocycles. The molecule has 2 N–H and O–H groups in total. The van der Waals surface area contributed by atoms with Crippen molar-refractivity contribution in [3.05, 3.63) is 71.8 Å². The number of carbonyl (C=O) groups excluding carboxylic acids is 1. The number of likely N-dealkylation sites (tertiary alicyclic amines) is 2. The van der Waals surface area contributed by atoms with Crippen LogP contribution in [-0.2, 0) is 6.54 Å². The molecule has 2 aromatic carbocycles. The Bertz CT molecular complexity index is 776. The molecule has 2 aliphatic heterocycles. The van der Waals surface area contributed by atoms with Gasteiger partial charge in [-0.25, -0.2) is 4.79 Å². The number of piperidine rings is 1. The molecule has 2 fully saturated rings. The number of rotatable bonds is 7. The maximum atomic E-state index is 12.9. The monoisotopic (exact) mass is 406 g/mol. The highest BCUT2D eigenvalue weighted by atomic mass is 16.2. The predicted molar refractivity (Wildman–Crippen MR) is 121 cm³/mol. The Morgan fingerprint density at radius 1 is 0.900 bits per heavy atom. The van der Waals surface area contributed by atoms with Crippen LogP contribution in [0.5, 0.6) is 0 Å². The molecule has 2 amide bonds. The number of amides is 2. The van der Waals surface area contributed by atoms with Crippen LogP contribution in [0, 0.1) is 0 Å². The molecule has 2 atom stereocenters. The van der Waals surface area contributed by atoms with Crippen molar-refractivity contribution in [1.29, 1.82) is 0 Å². The Balaban J connectivity index is 1.32. The van der Waals surface area contributed by atoms with Crippen LogP contribution < -0.4 is 10.6 Å². The van der Waals surface area contributed by atoms with Gasteiger partial charge in [0.15, 0.2) is 0 Å². The van der Waals surface area contributed by atoms with E-state index in [4.69, 9.17) is 0 Å². The van der Waals surface area contributed by atoms with Gasteiger partial charge in [-0.3, -0.25) is 4.90 Å². The summed E-state index contributed by atoms with van der Waals surface area (Å²) >= 11 is 0. The smallest absolute Gasteiger partial charge is 0.315 e. The Morgan fingerprint density at radius 3 is 2.30 bits per heavy atom. The van der Waals surface area contributed by atoms with Gasteiger partial charge in [0.25, 0.3) is 0 Å². The highest BCUT2D eigenvalue weighted by Crippen LogP contribution is 2.18. The molecule has 5 heteroatoms. The minimum absolute atomic E-state index is 0.0216. The number of carbonyl (C=O) groups is 1. The lowest BCUT2D eigenvalue weighted by Gasteiger charge is -2.34. The Kier molecular flexibility index (Phi) is 7.38. The Morgan fingerprint density at radius 2 is 1.57 bits per heavy atom. The zero-order chi connectivity index (χ0) is 20.6. The second-order valence-electron chi connectivity index (χ2n) is 8.65. The lowest BCUT2D eigenvalue weighted by atomic mass is 10.0. The molecule has 2 saturated heterocycles. The van der Waals surface area contributed by atoms with E-state index in [0.29, 0.717) is 0 Å². The summed E-state index contributed by atoms with van der Waals surface area (Å²) in [6.07, 6.45) is 4.68. The van der Waals surface area contributed by atoms with Gasteiger partial charge in [0.05, 0.1) is 6.04 Å². The molecule has 0 aliphatic carbocycles. The average Bonchev–Trinajstić information content (AvgIpc) is 3.28. The maximum Gasteiger partial charge on any atom is 0.315 e. The third kappa shape index (κ3) is 6.07. The van der Waals surface area contributed by atoms with Crippen molar-refractivity contribution in [2.45, 2.75) is 44.3 Å². The number of benzene rings is 2. The maximum absolute atomic E-state index is 12.9. The average molecular weight is 407 g/mol. The van der Waals surface area contributed by atoms with Crippen LogP contribution in [0.3, 0.4) is 0 Å². The van der Waals surface area contributed by atoms with Gasteiger partial charge in [-0.15, -0.1) is 0 Å². The minimum atomic E-state index is -0.0467. The van der Waals surface area contributed by atoms with Crippen LogP contribution in [0.1, 0.15) is 42.9 Å². The van der Waals surface area contributed by atoms with Crippen molar-refractivity contribution in [3.63, 3.8) is 0 Å². The molecule has 2 unspecified atom stereocenters. The topological polar surface area (TPSA) is 47.6 Å². The van der Waals surface area contributed by atoms with E-state index in [9.17, 15) is 4.79 Å². The van der Waals surface area contributed by atoms with Crippen molar-refractivity contribution >= 4 is 6.03 Å². The molecule has 30 heavy (non-hydrogen) atoms. The van der Waals surface area contributed by atoms with Gasteiger partial charge >= 0.3 is 6.03 Å². The van der Waals surface area contributed by atoms with Gasteiger partial charge in [-0.2, -0.15) is 0 Å². The largest absolute Gasteiger partial charge is 0.334 e. The molecule has 2 heterocycles. The van der Waals surface area contributed by atoms with Crippen molar-refractivity contribution < 1.29 is 4.79 Å². The first kappa shape index (κ1) is 20.9. The fourth-order valence-electron chi connectivity index (χ4n) is 4.69. The summed E-state index contributed by atoms with van der Waals surface area (Å²) in [5.74, 6) is 0. The minimum Gasteiger partial charge on any atom is -0.334 e. The summed E-state index contributed by atoms with van der Waals surface area (Å²) in [4.78, 5) is 17.8. The van der Waals surface area contributed by atoms with Crippen LogP contribution in [0.4, 0.5) is 4.79 Å². The van der Waals surface area contributed by atoms with Crippen LogP contribution >= 0.6 is 0 Å². The number of nitrogens with zero attached hydrogens (tertiary/aromatic N) is 2. The quantitative estimate of drug-likeness (QED) is 0.736. The lowest BCUT2D eigenvalue weighted by Crippen LogP contribution is -2.51. The number of urea groups is 1. The van der Waals surface area contributed by atoms with Gasteiger partial charge in [-0.1, -0.05) is 60.7 Å². The summed E-state index contributed by atoms with van der Waals surface area (Å²) in [6.45, 7) is 6.08. The molecule has 2 aliphatic rings. The molecule has 5 nitrogen and oxygen atoms in total. The van der Waals surface area contributed by atoms with E-state index in [-0.39, 0.29) is 18.1 Å².